The molecule has 1 aliphatic rings. The lowest BCUT2D eigenvalue weighted by atomic mass is 10.0. The molecule has 1 amide bonds. The Morgan fingerprint density at radius 1 is 1.13 bits per heavy atom. The van der Waals surface area contributed by atoms with E-state index in [-0.39, 0.29) is 17.6 Å². The summed E-state index contributed by atoms with van der Waals surface area (Å²) >= 11 is 0. The van der Waals surface area contributed by atoms with Gasteiger partial charge in [0.05, 0.1) is 11.0 Å². The number of fused-ring (bicyclic) bond motifs is 1. The Morgan fingerprint density at radius 3 is 2.48 bits per heavy atom. The lowest BCUT2D eigenvalue weighted by Gasteiger charge is -2.39. The Balaban J connectivity index is 1.76. The highest BCUT2D eigenvalue weighted by Gasteiger charge is 2.40. The number of sulfone groups is 1. The van der Waals surface area contributed by atoms with Gasteiger partial charge in [0.1, 0.15) is 0 Å². The first-order valence-corrected chi connectivity index (χ1v) is 9.58. The molecule has 5 heteroatoms. The minimum absolute atomic E-state index is 0.0854. The molecule has 0 unspecified atom stereocenters. The molecule has 0 radical (unpaired) electrons. The summed E-state index contributed by atoms with van der Waals surface area (Å²) in [4.78, 5) is 14.3. The Morgan fingerprint density at radius 2 is 1.78 bits per heavy atom. The van der Waals surface area contributed by atoms with Gasteiger partial charge >= 0.3 is 0 Å². The molecular formula is C18H21NO3S. The molecule has 0 N–H and O–H groups in total. The van der Waals surface area contributed by atoms with Crippen molar-refractivity contribution < 1.29 is 13.2 Å². The first kappa shape index (κ1) is 16.0. The quantitative estimate of drug-likeness (QED) is 0.865. The van der Waals surface area contributed by atoms with Crippen LogP contribution in [0.2, 0.25) is 0 Å². The third-order valence-electron chi connectivity index (χ3n) is 4.23. The molecule has 0 atom stereocenters. The van der Waals surface area contributed by atoms with Crippen molar-refractivity contribution in [3.05, 3.63) is 48.0 Å². The van der Waals surface area contributed by atoms with E-state index in [0.717, 1.165) is 10.8 Å². The maximum atomic E-state index is 12.7. The van der Waals surface area contributed by atoms with Crippen molar-refractivity contribution in [3.8, 4) is 0 Å². The first-order valence-electron chi connectivity index (χ1n) is 7.87. The highest BCUT2D eigenvalue weighted by Crippen LogP contribution is 2.25. The van der Waals surface area contributed by atoms with Crippen molar-refractivity contribution in [2.75, 3.05) is 18.8 Å². The average Bonchev–Trinajstić information content (AvgIpc) is 2.43. The molecule has 3 rings (SSSR count). The van der Waals surface area contributed by atoms with Gasteiger partial charge in [0, 0.05) is 18.7 Å². The Bertz CT molecular complexity index is 831. The van der Waals surface area contributed by atoms with E-state index in [4.69, 9.17) is 0 Å². The van der Waals surface area contributed by atoms with Gasteiger partial charge < -0.3 is 4.90 Å². The molecule has 2 aromatic carbocycles. The normalized spacial score (nSPS) is 15.9. The van der Waals surface area contributed by atoms with Crippen molar-refractivity contribution >= 4 is 26.5 Å². The largest absolute Gasteiger partial charge is 0.336 e. The molecule has 0 bridgehead atoms. The van der Waals surface area contributed by atoms with Gasteiger partial charge in [0.2, 0.25) is 0 Å². The lowest BCUT2D eigenvalue weighted by molar-refractivity contribution is 0.0661. The summed E-state index contributed by atoms with van der Waals surface area (Å²) in [5.74, 6) is 0.217. The lowest BCUT2D eigenvalue weighted by Crippen LogP contribution is -2.57. The van der Waals surface area contributed by atoms with Gasteiger partial charge in [0.15, 0.2) is 9.84 Å². The molecule has 1 saturated heterocycles. The van der Waals surface area contributed by atoms with Gasteiger partial charge in [-0.05, 0) is 22.8 Å². The fourth-order valence-corrected chi connectivity index (χ4v) is 5.03. The van der Waals surface area contributed by atoms with Crippen LogP contribution in [0, 0.1) is 5.92 Å². The molecule has 1 heterocycles. The highest BCUT2D eigenvalue weighted by molar-refractivity contribution is 7.92. The van der Waals surface area contributed by atoms with Crippen LogP contribution in [-0.4, -0.2) is 43.3 Å². The summed E-state index contributed by atoms with van der Waals surface area (Å²) in [6.07, 6.45) is 0. The molecule has 0 saturated carbocycles. The molecular weight excluding hydrogens is 310 g/mol. The van der Waals surface area contributed by atoms with Crippen molar-refractivity contribution in [3.63, 3.8) is 0 Å². The Labute approximate surface area is 137 Å². The number of hydrogen-bond acceptors (Lipinski definition) is 3. The van der Waals surface area contributed by atoms with Crippen LogP contribution >= 0.6 is 0 Å². The molecule has 23 heavy (non-hydrogen) atoms. The van der Waals surface area contributed by atoms with E-state index in [0.29, 0.717) is 18.7 Å². The third kappa shape index (κ3) is 3.11. The van der Waals surface area contributed by atoms with E-state index in [1.54, 1.807) is 11.0 Å². The zero-order valence-corrected chi connectivity index (χ0v) is 14.2. The van der Waals surface area contributed by atoms with Crippen LogP contribution in [0.25, 0.3) is 10.8 Å². The first-order chi connectivity index (χ1) is 10.9. The van der Waals surface area contributed by atoms with Gasteiger partial charge in [-0.2, -0.15) is 0 Å². The van der Waals surface area contributed by atoms with E-state index in [1.807, 2.05) is 50.2 Å². The second-order valence-electron chi connectivity index (χ2n) is 6.58. The van der Waals surface area contributed by atoms with Gasteiger partial charge in [0.25, 0.3) is 5.91 Å². The number of amides is 1. The van der Waals surface area contributed by atoms with Crippen LogP contribution < -0.4 is 0 Å². The Hall–Kier alpha value is -1.88. The predicted octanol–water partition coefficient (Wildman–Crippen LogP) is 2.74. The summed E-state index contributed by atoms with van der Waals surface area (Å²) in [6, 6.07) is 13.4. The SMILES string of the molecule is CC(C)CS(=O)(=O)C1CN(C(=O)c2cccc3ccccc23)C1. The smallest absolute Gasteiger partial charge is 0.254 e. The minimum atomic E-state index is -3.11. The maximum Gasteiger partial charge on any atom is 0.254 e. The zero-order valence-electron chi connectivity index (χ0n) is 13.4. The standard InChI is InChI=1S/C18H21NO3S/c1-13(2)12-23(21,22)15-10-19(11-15)18(20)17-9-5-7-14-6-3-4-8-16(14)17/h3-9,13,15H,10-12H2,1-2H3. The van der Waals surface area contributed by atoms with E-state index in [2.05, 4.69) is 0 Å². The van der Waals surface area contributed by atoms with Crippen molar-refractivity contribution in [1.29, 1.82) is 0 Å². The molecule has 0 aromatic heterocycles. The fourth-order valence-electron chi connectivity index (χ4n) is 3.01. The van der Waals surface area contributed by atoms with Crippen molar-refractivity contribution in [1.82, 2.24) is 4.90 Å². The van der Waals surface area contributed by atoms with E-state index >= 15 is 0 Å². The van der Waals surface area contributed by atoms with Crippen LogP contribution in [-0.2, 0) is 9.84 Å². The number of carbonyl (C=O) groups excluding carboxylic acids is 1. The average molecular weight is 331 g/mol. The highest BCUT2D eigenvalue weighted by atomic mass is 32.2. The fraction of sp³-hybridized carbons (Fsp3) is 0.389. The number of likely N-dealkylation sites (tertiary alicyclic amines) is 1. The van der Waals surface area contributed by atoms with Crippen LogP contribution in [0.15, 0.2) is 42.5 Å². The van der Waals surface area contributed by atoms with Crippen molar-refractivity contribution in [2.24, 2.45) is 5.92 Å². The summed E-state index contributed by atoms with van der Waals surface area (Å²) in [6.45, 7) is 4.40. The van der Waals surface area contributed by atoms with Gasteiger partial charge in [-0.1, -0.05) is 50.2 Å². The van der Waals surface area contributed by atoms with E-state index in [9.17, 15) is 13.2 Å². The molecule has 2 aromatic rings. The van der Waals surface area contributed by atoms with Crippen LogP contribution in [0.1, 0.15) is 24.2 Å². The molecule has 0 spiro atoms. The monoisotopic (exact) mass is 331 g/mol. The minimum Gasteiger partial charge on any atom is -0.336 e. The van der Waals surface area contributed by atoms with Crippen LogP contribution in [0.4, 0.5) is 0 Å². The van der Waals surface area contributed by atoms with Gasteiger partial charge in [-0.15, -0.1) is 0 Å². The number of nitrogens with zero attached hydrogens (tertiary/aromatic N) is 1. The van der Waals surface area contributed by atoms with E-state index in [1.165, 1.54) is 0 Å². The molecule has 122 valence electrons. The summed E-state index contributed by atoms with van der Waals surface area (Å²) < 4.78 is 24.4. The Kier molecular flexibility index (Phi) is 4.15. The number of hydrogen-bond donors (Lipinski definition) is 0. The second-order valence-corrected chi connectivity index (χ2v) is 8.91. The second kappa shape index (κ2) is 5.96. The van der Waals surface area contributed by atoms with E-state index < -0.39 is 15.1 Å². The van der Waals surface area contributed by atoms with Gasteiger partial charge in [-0.3, -0.25) is 4.79 Å². The van der Waals surface area contributed by atoms with Gasteiger partial charge in [-0.25, -0.2) is 8.42 Å². The molecule has 1 fully saturated rings. The van der Waals surface area contributed by atoms with Crippen LogP contribution in [0.3, 0.4) is 0 Å². The summed E-state index contributed by atoms with van der Waals surface area (Å²) in [7, 11) is -3.11. The molecule has 1 aliphatic heterocycles. The maximum absolute atomic E-state index is 12.7. The molecule has 4 nitrogen and oxygen atoms in total. The third-order valence-corrected chi connectivity index (χ3v) is 6.67. The summed E-state index contributed by atoms with van der Waals surface area (Å²) in [5.41, 5.74) is 0.641. The van der Waals surface area contributed by atoms with Crippen molar-refractivity contribution in [2.45, 2.75) is 19.1 Å². The molecule has 0 aliphatic carbocycles. The number of benzene rings is 2. The predicted molar refractivity (Wildman–Crippen MR) is 92.3 cm³/mol. The topological polar surface area (TPSA) is 54.5 Å². The number of rotatable bonds is 4. The van der Waals surface area contributed by atoms with Crippen LogP contribution in [0.5, 0.6) is 0 Å². The summed E-state index contributed by atoms with van der Waals surface area (Å²) in [5, 5.41) is 1.51. The number of carbonyl (C=O) groups is 1. The zero-order chi connectivity index (χ0) is 16.6.